The number of rotatable bonds is 3. The number of hydrogen-bond acceptors (Lipinski definition) is 2. The Kier molecular flexibility index (Phi) is 3.83. The van der Waals surface area contributed by atoms with Crippen LogP contribution in [0, 0.1) is 0 Å². The van der Waals surface area contributed by atoms with Crippen LogP contribution in [-0.4, -0.2) is 15.9 Å². The Morgan fingerprint density at radius 2 is 2.00 bits per heavy atom. The summed E-state index contributed by atoms with van der Waals surface area (Å²) in [5.41, 5.74) is 0. The molecule has 0 spiro atoms. The van der Waals surface area contributed by atoms with Crippen molar-refractivity contribution < 1.29 is 4.55 Å². The normalized spacial score (nSPS) is 12.9. The molecule has 0 amide bonds. The fourth-order valence-electron chi connectivity index (χ4n) is 0.668. The first-order valence-electron chi connectivity index (χ1n) is 3.27. The average Bonchev–Trinajstić information content (AvgIpc) is 2.03. The van der Waals surface area contributed by atoms with Gasteiger partial charge in [-0.2, -0.15) is 0 Å². The van der Waals surface area contributed by atoms with Crippen molar-refractivity contribution in [2.75, 3.05) is 11.3 Å². The lowest BCUT2D eigenvalue weighted by atomic mass is 10.4. The molecular weight excluding hydrogens is 176 g/mol. The van der Waals surface area contributed by atoms with Crippen LogP contribution in [0.2, 0.25) is 0 Å². The largest absolute Gasteiger partial charge is 0.616 e. The number of benzene rings is 1. The van der Waals surface area contributed by atoms with Gasteiger partial charge in [-0.3, -0.25) is 0 Å². The average molecular weight is 186 g/mol. The summed E-state index contributed by atoms with van der Waals surface area (Å²) in [4.78, 5) is 1.18. The maximum atomic E-state index is 10.7. The van der Waals surface area contributed by atoms with Crippen molar-refractivity contribution in [2.24, 2.45) is 0 Å². The highest BCUT2D eigenvalue weighted by atomic mass is 32.3. The molecule has 0 aromatic heterocycles. The van der Waals surface area contributed by atoms with Crippen molar-refractivity contribution in [3.8, 4) is 0 Å². The second kappa shape index (κ2) is 4.70. The molecule has 0 bridgehead atoms. The van der Waals surface area contributed by atoms with Crippen molar-refractivity contribution >= 4 is 22.9 Å². The van der Waals surface area contributed by atoms with E-state index in [1.807, 2.05) is 30.3 Å². The molecule has 1 aromatic carbocycles. The minimum Gasteiger partial charge on any atom is -0.616 e. The molecule has 0 N–H and O–H groups in total. The standard InChI is InChI=1S/C8H10OS2/c1-11(9)7-10-8-5-3-2-4-6-8/h2-6H,7H2,1H3. The summed E-state index contributed by atoms with van der Waals surface area (Å²) in [6, 6.07) is 10.0. The Bertz CT molecular complexity index is 199. The van der Waals surface area contributed by atoms with E-state index in [0.29, 0.717) is 5.08 Å². The Hall–Kier alpha value is -0.120. The SMILES string of the molecule is C[S+]([O-])CSc1ccccc1. The van der Waals surface area contributed by atoms with Crippen LogP contribution >= 0.6 is 11.8 Å². The Morgan fingerprint density at radius 1 is 1.36 bits per heavy atom. The third kappa shape index (κ3) is 3.70. The minimum absolute atomic E-state index is 0.685. The fourth-order valence-corrected chi connectivity index (χ4v) is 2.23. The molecular formula is C8H10OS2. The number of hydrogen-bond donors (Lipinski definition) is 0. The first-order chi connectivity index (χ1) is 5.29. The lowest BCUT2D eigenvalue weighted by Crippen LogP contribution is -1.98. The van der Waals surface area contributed by atoms with Gasteiger partial charge in [0.25, 0.3) is 0 Å². The van der Waals surface area contributed by atoms with Crippen LogP contribution in [0.3, 0.4) is 0 Å². The molecule has 0 radical (unpaired) electrons. The lowest BCUT2D eigenvalue weighted by molar-refractivity contribution is 0.605. The fraction of sp³-hybridized carbons (Fsp3) is 0.250. The van der Waals surface area contributed by atoms with E-state index >= 15 is 0 Å². The maximum Gasteiger partial charge on any atom is 0.155 e. The van der Waals surface area contributed by atoms with E-state index in [-0.39, 0.29) is 0 Å². The number of thioether (sulfide) groups is 1. The van der Waals surface area contributed by atoms with Gasteiger partial charge < -0.3 is 4.55 Å². The summed E-state index contributed by atoms with van der Waals surface area (Å²) < 4.78 is 10.7. The summed E-state index contributed by atoms with van der Waals surface area (Å²) in [7, 11) is 0. The molecule has 1 rings (SSSR count). The summed E-state index contributed by atoms with van der Waals surface area (Å²) >= 11 is 0.925. The first-order valence-corrected chi connectivity index (χ1v) is 5.98. The molecule has 0 aliphatic heterocycles. The third-order valence-electron chi connectivity index (χ3n) is 1.13. The predicted octanol–water partition coefficient (Wildman–Crippen LogP) is 2.11. The third-order valence-corrected chi connectivity index (χ3v) is 3.54. The van der Waals surface area contributed by atoms with Crippen LogP contribution in [0.5, 0.6) is 0 Å². The lowest BCUT2D eigenvalue weighted by Gasteiger charge is -2.03. The maximum absolute atomic E-state index is 10.7. The quantitative estimate of drug-likeness (QED) is 0.533. The van der Waals surface area contributed by atoms with Gasteiger partial charge in [-0.05, 0) is 23.3 Å². The highest BCUT2D eigenvalue weighted by Crippen LogP contribution is 2.17. The van der Waals surface area contributed by atoms with Gasteiger partial charge in [-0.1, -0.05) is 30.0 Å². The molecule has 3 heteroatoms. The molecule has 0 saturated carbocycles. The molecule has 60 valence electrons. The summed E-state index contributed by atoms with van der Waals surface area (Å²) in [6.07, 6.45) is 1.72. The molecule has 11 heavy (non-hydrogen) atoms. The van der Waals surface area contributed by atoms with Crippen molar-refractivity contribution in [3.63, 3.8) is 0 Å². The Labute approximate surface area is 74.4 Å². The van der Waals surface area contributed by atoms with Crippen LogP contribution in [0.4, 0.5) is 0 Å². The molecule has 0 aliphatic carbocycles. The van der Waals surface area contributed by atoms with E-state index in [1.165, 1.54) is 4.90 Å². The Morgan fingerprint density at radius 3 is 2.55 bits per heavy atom. The van der Waals surface area contributed by atoms with E-state index in [0.717, 1.165) is 0 Å². The van der Waals surface area contributed by atoms with Gasteiger partial charge in [0.1, 0.15) is 0 Å². The van der Waals surface area contributed by atoms with Crippen molar-refractivity contribution in [2.45, 2.75) is 4.90 Å². The van der Waals surface area contributed by atoms with Crippen LogP contribution < -0.4 is 0 Å². The minimum atomic E-state index is -0.703. The van der Waals surface area contributed by atoms with E-state index < -0.39 is 11.2 Å². The van der Waals surface area contributed by atoms with Crippen LogP contribution in [0.15, 0.2) is 35.2 Å². The van der Waals surface area contributed by atoms with Gasteiger partial charge in [0.05, 0.1) is 6.26 Å². The molecule has 0 heterocycles. The van der Waals surface area contributed by atoms with Gasteiger partial charge in [-0.15, -0.1) is 0 Å². The van der Waals surface area contributed by atoms with Gasteiger partial charge in [0.2, 0.25) is 0 Å². The highest BCUT2D eigenvalue weighted by molar-refractivity contribution is 8.12. The summed E-state index contributed by atoms with van der Waals surface area (Å²) in [5.74, 6) is 0. The smallest absolute Gasteiger partial charge is 0.155 e. The second-order valence-electron chi connectivity index (χ2n) is 2.15. The topological polar surface area (TPSA) is 23.1 Å². The van der Waals surface area contributed by atoms with Gasteiger partial charge in [0.15, 0.2) is 5.08 Å². The first kappa shape index (κ1) is 8.97. The molecule has 0 fully saturated rings. The predicted molar refractivity (Wildman–Crippen MR) is 51.2 cm³/mol. The zero-order valence-electron chi connectivity index (χ0n) is 6.32. The van der Waals surface area contributed by atoms with Crippen molar-refractivity contribution in [3.05, 3.63) is 30.3 Å². The summed E-state index contributed by atoms with van der Waals surface area (Å²) in [6.45, 7) is 0. The van der Waals surface area contributed by atoms with Gasteiger partial charge >= 0.3 is 0 Å². The van der Waals surface area contributed by atoms with E-state index in [9.17, 15) is 4.55 Å². The van der Waals surface area contributed by atoms with Gasteiger partial charge in [-0.25, -0.2) is 0 Å². The van der Waals surface area contributed by atoms with Crippen molar-refractivity contribution in [1.82, 2.24) is 0 Å². The molecule has 1 nitrogen and oxygen atoms in total. The van der Waals surface area contributed by atoms with E-state index in [1.54, 1.807) is 18.0 Å². The molecule has 1 aromatic rings. The molecule has 1 unspecified atom stereocenters. The van der Waals surface area contributed by atoms with E-state index in [2.05, 4.69) is 0 Å². The zero-order valence-corrected chi connectivity index (χ0v) is 7.95. The van der Waals surface area contributed by atoms with Crippen molar-refractivity contribution in [1.29, 1.82) is 0 Å². The highest BCUT2D eigenvalue weighted by Gasteiger charge is 1.97. The van der Waals surface area contributed by atoms with Crippen LogP contribution in [0.1, 0.15) is 0 Å². The van der Waals surface area contributed by atoms with Gasteiger partial charge in [0, 0.05) is 4.90 Å². The second-order valence-corrected chi connectivity index (χ2v) is 5.00. The van der Waals surface area contributed by atoms with Crippen LogP contribution in [0.25, 0.3) is 0 Å². The molecule has 1 atom stereocenters. The summed E-state index contributed by atoms with van der Waals surface area (Å²) in [5, 5.41) is 0.685. The Balaban J connectivity index is 2.39. The van der Waals surface area contributed by atoms with E-state index in [4.69, 9.17) is 0 Å². The molecule has 0 saturated heterocycles. The van der Waals surface area contributed by atoms with Crippen LogP contribution in [-0.2, 0) is 11.2 Å². The monoisotopic (exact) mass is 186 g/mol. The molecule has 0 aliphatic rings. The zero-order chi connectivity index (χ0) is 8.10.